The molecule has 2 amide bonds. The van der Waals surface area contributed by atoms with Gasteiger partial charge in [0.15, 0.2) is 9.84 Å². The highest BCUT2D eigenvalue weighted by molar-refractivity contribution is 7.91. The third-order valence-electron chi connectivity index (χ3n) is 5.19. The molecule has 2 aromatic rings. The molecule has 1 atom stereocenters. The number of sulfone groups is 1. The maximum atomic E-state index is 12.9. The van der Waals surface area contributed by atoms with Crippen LogP contribution in [0.2, 0.25) is 0 Å². The molecule has 0 bridgehead atoms. The molecule has 0 saturated carbocycles. The van der Waals surface area contributed by atoms with Gasteiger partial charge >= 0.3 is 0 Å². The van der Waals surface area contributed by atoms with Gasteiger partial charge in [-0.15, -0.1) is 0 Å². The fourth-order valence-corrected chi connectivity index (χ4v) is 4.39. The van der Waals surface area contributed by atoms with E-state index in [1.807, 2.05) is 0 Å². The Balaban J connectivity index is 1.57. The van der Waals surface area contributed by atoms with Crippen molar-refractivity contribution in [1.29, 1.82) is 0 Å². The number of primary amides is 1. The SMILES string of the molecule is NC(=O)[C@@](O)(CNC(=O)c1ccc(OCc2ccc(F)cc2)cc1)N1CCS(=O)(=O)CC1. The summed E-state index contributed by atoms with van der Waals surface area (Å²) in [5, 5.41) is 13.2. The number of ether oxygens (including phenoxy) is 1. The van der Waals surface area contributed by atoms with E-state index in [4.69, 9.17) is 10.5 Å². The van der Waals surface area contributed by atoms with Crippen molar-refractivity contribution < 1.29 is 32.2 Å². The van der Waals surface area contributed by atoms with Crippen molar-refractivity contribution in [2.24, 2.45) is 5.73 Å². The van der Waals surface area contributed by atoms with Gasteiger partial charge in [0.25, 0.3) is 11.8 Å². The van der Waals surface area contributed by atoms with E-state index in [9.17, 15) is 27.5 Å². The largest absolute Gasteiger partial charge is 0.489 e. The first-order chi connectivity index (χ1) is 15.1. The molecular formula is C21H24FN3O6S. The highest BCUT2D eigenvalue weighted by atomic mass is 32.2. The molecule has 4 N–H and O–H groups in total. The number of aliphatic hydroxyl groups is 1. The fraction of sp³-hybridized carbons (Fsp3) is 0.333. The molecule has 0 unspecified atom stereocenters. The predicted octanol–water partition coefficient (Wildman–Crippen LogP) is 0.0388. The minimum atomic E-state index is -3.23. The highest BCUT2D eigenvalue weighted by Gasteiger charge is 2.43. The average molecular weight is 466 g/mol. The van der Waals surface area contributed by atoms with Crippen molar-refractivity contribution in [2.45, 2.75) is 12.3 Å². The zero-order chi connectivity index (χ0) is 23.4. The minimum Gasteiger partial charge on any atom is -0.489 e. The lowest BCUT2D eigenvalue weighted by atomic mass is 10.1. The molecule has 0 radical (unpaired) electrons. The second kappa shape index (κ2) is 9.63. The van der Waals surface area contributed by atoms with Gasteiger partial charge in [-0.05, 0) is 42.0 Å². The van der Waals surface area contributed by atoms with Crippen LogP contribution < -0.4 is 15.8 Å². The molecule has 1 fully saturated rings. The van der Waals surface area contributed by atoms with Crippen LogP contribution in [0.3, 0.4) is 0 Å². The van der Waals surface area contributed by atoms with Crippen molar-refractivity contribution in [3.8, 4) is 5.75 Å². The predicted molar refractivity (Wildman–Crippen MR) is 114 cm³/mol. The monoisotopic (exact) mass is 465 g/mol. The number of halogens is 1. The van der Waals surface area contributed by atoms with Crippen molar-refractivity contribution >= 4 is 21.7 Å². The fourth-order valence-electron chi connectivity index (χ4n) is 3.19. The maximum Gasteiger partial charge on any atom is 0.266 e. The molecule has 0 aliphatic carbocycles. The van der Waals surface area contributed by atoms with Crippen LogP contribution in [-0.4, -0.2) is 67.1 Å². The lowest BCUT2D eigenvalue weighted by Gasteiger charge is -2.39. The summed E-state index contributed by atoms with van der Waals surface area (Å²) in [5.74, 6) is -1.90. The van der Waals surface area contributed by atoms with E-state index in [1.54, 1.807) is 24.3 Å². The number of amides is 2. The molecule has 9 nitrogen and oxygen atoms in total. The van der Waals surface area contributed by atoms with Crippen LogP contribution in [0.15, 0.2) is 48.5 Å². The van der Waals surface area contributed by atoms with Crippen LogP contribution in [0.5, 0.6) is 5.75 Å². The first kappa shape index (κ1) is 23.6. The van der Waals surface area contributed by atoms with Crippen LogP contribution in [0.25, 0.3) is 0 Å². The van der Waals surface area contributed by atoms with Gasteiger partial charge in [0, 0.05) is 18.7 Å². The number of benzene rings is 2. The summed E-state index contributed by atoms with van der Waals surface area (Å²) in [5.41, 5.74) is 4.17. The average Bonchev–Trinajstić information content (AvgIpc) is 2.77. The Bertz CT molecular complexity index is 1060. The summed E-state index contributed by atoms with van der Waals surface area (Å²) in [6, 6.07) is 12.1. The molecule has 11 heteroatoms. The number of nitrogens with two attached hydrogens (primary N) is 1. The molecule has 172 valence electrons. The van der Waals surface area contributed by atoms with Crippen LogP contribution in [0.4, 0.5) is 4.39 Å². The Hall–Kier alpha value is -3.02. The molecule has 2 aromatic carbocycles. The normalized spacial score (nSPS) is 17.8. The second-order valence-electron chi connectivity index (χ2n) is 7.44. The third kappa shape index (κ3) is 5.81. The van der Waals surface area contributed by atoms with Gasteiger partial charge in [0.05, 0.1) is 18.1 Å². The number of hydrogen-bond donors (Lipinski definition) is 3. The van der Waals surface area contributed by atoms with Gasteiger partial charge in [0.2, 0.25) is 5.72 Å². The molecule has 1 saturated heterocycles. The Morgan fingerprint density at radius 3 is 2.25 bits per heavy atom. The van der Waals surface area contributed by atoms with E-state index in [1.165, 1.54) is 29.2 Å². The van der Waals surface area contributed by atoms with Gasteiger partial charge in [-0.2, -0.15) is 0 Å². The first-order valence-corrected chi connectivity index (χ1v) is 11.6. The Labute approximate surface area is 184 Å². The van der Waals surface area contributed by atoms with E-state index >= 15 is 0 Å². The molecule has 1 aliphatic rings. The summed E-state index contributed by atoms with van der Waals surface area (Å²) in [4.78, 5) is 25.6. The van der Waals surface area contributed by atoms with Crippen LogP contribution in [0, 0.1) is 5.82 Å². The lowest BCUT2D eigenvalue weighted by Crippen LogP contribution is -2.65. The summed E-state index contributed by atoms with van der Waals surface area (Å²) in [6.07, 6.45) is 0. The quantitative estimate of drug-likeness (QED) is 0.500. The van der Waals surface area contributed by atoms with E-state index in [0.29, 0.717) is 5.75 Å². The molecule has 1 heterocycles. The standard InChI is InChI=1S/C21H24FN3O6S/c22-17-5-1-15(2-6-17)13-31-18-7-3-16(4-8-18)19(26)24-14-21(28,20(23)27)25-9-11-32(29,30)12-10-25/h1-8,28H,9-14H2,(H2,23,27)(H,24,26)/t21-/m0/s1. The zero-order valence-electron chi connectivity index (χ0n) is 17.2. The number of rotatable bonds is 8. The van der Waals surface area contributed by atoms with E-state index in [0.717, 1.165) is 5.56 Å². The third-order valence-corrected chi connectivity index (χ3v) is 6.80. The Morgan fingerprint density at radius 1 is 1.09 bits per heavy atom. The van der Waals surface area contributed by atoms with Crippen molar-refractivity contribution in [3.63, 3.8) is 0 Å². The Kier molecular flexibility index (Phi) is 7.12. The number of carbonyl (C=O) groups is 2. The van der Waals surface area contributed by atoms with Gasteiger partial charge in [0.1, 0.15) is 18.2 Å². The number of carbonyl (C=O) groups excluding carboxylic acids is 2. The molecule has 3 rings (SSSR count). The van der Waals surface area contributed by atoms with Gasteiger partial charge in [-0.3, -0.25) is 14.5 Å². The van der Waals surface area contributed by atoms with Crippen molar-refractivity contribution in [2.75, 3.05) is 31.1 Å². The lowest BCUT2D eigenvalue weighted by molar-refractivity contribution is -0.158. The maximum absolute atomic E-state index is 12.9. The van der Waals surface area contributed by atoms with Gasteiger partial charge in [-0.25, -0.2) is 12.8 Å². The van der Waals surface area contributed by atoms with Gasteiger partial charge in [-0.1, -0.05) is 12.1 Å². The molecule has 0 aromatic heterocycles. The van der Waals surface area contributed by atoms with E-state index in [2.05, 4.69) is 5.32 Å². The number of nitrogens with one attached hydrogen (secondary N) is 1. The first-order valence-electron chi connectivity index (χ1n) is 9.82. The minimum absolute atomic E-state index is 0.0717. The summed E-state index contributed by atoms with van der Waals surface area (Å²) < 4.78 is 41.7. The van der Waals surface area contributed by atoms with Crippen LogP contribution >= 0.6 is 0 Å². The highest BCUT2D eigenvalue weighted by Crippen LogP contribution is 2.17. The van der Waals surface area contributed by atoms with Crippen LogP contribution in [-0.2, 0) is 21.2 Å². The molecule has 0 spiro atoms. The summed E-state index contributed by atoms with van der Waals surface area (Å²) >= 11 is 0. The molecule has 32 heavy (non-hydrogen) atoms. The second-order valence-corrected chi connectivity index (χ2v) is 9.75. The van der Waals surface area contributed by atoms with E-state index in [-0.39, 0.29) is 42.6 Å². The zero-order valence-corrected chi connectivity index (χ0v) is 18.0. The molecule has 1 aliphatic heterocycles. The van der Waals surface area contributed by atoms with Crippen molar-refractivity contribution in [1.82, 2.24) is 10.2 Å². The molecular weight excluding hydrogens is 441 g/mol. The number of nitrogens with zero attached hydrogens (tertiary/aromatic N) is 1. The van der Waals surface area contributed by atoms with E-state index < -0.39 is 33.9 Å². The Morgan fingerprint density at radius 2 is 1.69 bits per heavy atom. The van der Waals surface area contributed by atoms with Gasteiger partial charge < -0.3 is 20.9 Å². The smallest absolute Gasteiger partial charge is 0.266 e. The summed E-state index contributed by atoms with van der Waals surface area (Å²) in [6.45, 7) is -0.414. The van der Waals surface area contributed by atoms with Crippen LogP contribution in [0.1, 0.15) is 15.9 Å². The topological polar surface area (TPSA) is 139 Å². The van der Waals surface area contributed by atoms with Crippen molar-refractivity contribution in [3.05, 3.63) is 65.5 Å². The summed E-state index contributed by atoms with van der Waals surface area (Å²) in [7, 11) is -3.23. The number of hydrogen-bond acceptors (Lipinski definition) is 7.